The molecule has 3 rings (SSSR count). The van der Waals surface area contributed by atoms with Crippen molar-refractivity contribution in [3.63, 3.8) is 0 Å². The summed E-state index contributed by atoms with van der Waals surface area (Å²) in [4.78, 5) is 51.9. The average Bonchev–Trinajstić information content (AvgIpc) is 3.38. The van der Waals surface area contributed by atoms with Crippen molar-refractivity contribution in [3.8, 4) is 0 Å². The normalized spacial score (nSPS) is 36.5. The molecule has 0 aliphatic carbocycles. The molecule has 78 heavy (non-hydrogen) atoms. The third-order valence-corrected chi connectivity index (χ3v) is 14.0. The van der Waals surface area contributed by atoms with Crippen molar-refractivity contribution >= 4 is 29.0 Å². The number of cyclic esters (lactones) is 1. The molecule has 0 saturated carbocycles. The summed E-state index contributed by atoms with van der Waals surface area (Å²) in [6.45, 7) is 6.85. The fourth-order valence-corrected chi connectivity index (χ4v) is 9.17. The third kappa shape index (κ3) is 25.5. The zero-order chi connectivity index (χ0) is 57.9. The number of allylic oxidation sites excluding steroid dienone is 12. The second-order valence-corrected chi connectivity index (χ2v) is 20.9. The molecular formula is C59H88N2O17. The molecule has 1 aromatic carbocycles. The Hall–Kier alpha value is -4.84. The second kappa shape index (κ2) is 35.7. The van der Waals surface area contributed by atoms with Gasteiger partial charge in [0, 0.05) is 55.8 Å². The van der Waals surface area contributed by atoms with Crippen LogP contribution in [-0.4, -0.2) is 173 Å². The molecule has 1 saturated heterocycles. The summed E-state index contributed by atoms with van der Waals surface area (Å²) in [6.07, 6.45) is 4.79. The third-order valence-electron chi connectivity index (χ3n) is 14.0. The number of hydrogen-bond donors (Lipinski definition) is 12. The number of esters is 1. The highest BCUT2D eigenvalue weighted by atomic mass is 16.7. The van der Waals surface area contributed by atoms with Crippen molar-refractivity contribution in [2.45, 2.75) is 196 Å². The summed E-state index contributed by atoms with van der Waals surface area (Å²) in [5.74, 6) is -3.85. The van der Waals surface area contributed by atoms with E-state index in [1.54, 1.807) is 105 Å². The summed E-state index contributed by atoms with van der Waals surface area (Å²) in [7, 11) is 1.77. The number of hydrogen-bond acceptors (Lipinski definition) is 19. The summed E-state index contributed by atoms with van der Waals surface area (Å²) in [6, 6.07) is 6.05. The van der Waals surface area contributed by atoms with Gasteiger partial charge in [0.1, 0.15) is 29.9 Å². The standard InChI is InChI=1S/C59H88N2O17/c1-36-18-16-14-12-10-8-6-7-9-11-13-15-17-19-50(77-59-57(75)56(74)55(60)39(4)76-59)35-52(71)38(3)51(70)33-48(68)30-46(66)28-44(64)26-43(63)27-45(65)29-47(67)31-49(69)34-54(73)78-58(36)37(2)20-25-42(62)32-53(72)40-21-23-41(61-5)24-22-40/h6-19,21-24,36-39,42-45,47,49-52,55-59,61-65,67,69-71,74-75H,20,25-35,60H2,1-5H3/b7-6-,10-8+,11-9-,14-12+,15-13+,18-16+,19-17+/t36?,37?,38?,39-,42?,43?,44?,45?,47?,49?,50?,51?,52?,55-,56+,57+,58?,59?/m1/s1. The van der Waals surface area contributed by atoms with E-state index >= 15 is 0 Å². The Kier molecular flexibility index (Phi) is 30.9. The Labute approximate surface area is 459 Å². The number of aliphatic hydroxyl groups excluding tert-OH is 10. The topological polar surface area (TPSA) is 336 Å². The maximum atomic E-state index is 13.3. The molecule has 19 heteroatoms. The number of ether oxygens (including phenoxy) is 3. The summed E-state index contributed by atoms with van der Waals surface area (Å²) >= 11 is 0. The van der Waals surface area contributed by atoms with E-state index in [1.165, 1.54) is 6.92 Å². The fraction of sp³-hybridized carbons (Fsp3) is 0.593. The first-order valence-electron chi connectivity index (χ1n) is 27.1. The van der Waals surface area contributed by atoms with Gasteiger partial charge in [-0.05, 0) is 75.6 Å². The molecule has 2 aliphatic rings. The molecule has 2 aliphatic heterocycles. The van der Waals surface area contributed by atoms with E-state index in [1.807, 2.05) is 32.1 Å². The largest absolute Gasteiger partial charge is 0.461 e. The maximum absolute atomic E-state index is 13.3. The number of nitrogens with one attached hydrogen (secondary N) is 1. The van der Waals surface area contributed by atoms with Crippen LogP contribution in [0.15, 0.2) is 109 Å². The van der Waals surface area contributed by atoms with Crippen LogP contribution in [0.2, 0.25) is 0 Å². The van der Waals surface area contributed by atoms with Crippen LogP contribution in [-0.2, 0) is 28.6 Å². The van der Waals surface area contributed by atoms with Gasteiger partial charge < -0.3 is 76.3 Å². The van der Waals surface area contributed by atoms with Crippen molar-refractivity contribution in [1.82, 2.24) is 0 Å². The number of ketones is 3. The predicted molar refractivity (Wildman–Crippen MR) is 294 cm³/mol. The van der Waals surface area contributed by atoms with Crippen LogP contribution in [0.4, 0.5) is 5.69 Å². The number of carbonyl (C=O) groups is 4. The second-order valence-electron chi connectivity index (χ2n) is 20.9. The first-order valence-corrected chi connectivity index (χ1v) is 27.1. The number of benzene rings is 1. The molecule has 1 aromatic rings. The van der Waals surface area contributed by atoms with E-state index in [0.717, 1.165) is 5.69 Å². The van der Waals surface area contributed by atoms with E-state index in [-0.39, 0.29) is 62.6 Å². The van der Waals surface area contributed by atoms with Gasteiger partial charge >= 0.3 is 5.97 Å². The summed E-state index contributed by atoms with van der Waals surface area (Å²) in [5, 5.41) is 111. The number of anilines is 1. The fourth-order valence-electron chi connectivity index (χ4n) is 9.17. The van der Waals surface area contributed by atoms with Crippen molar-refractivity contribution in [2.24, 2.45) is 23.5 Å². The van der Waals surface area contributed by atoms with Gasteiger partial charge in [-0.3, -0.25) is 19.2 Å². The lowest BCUT2D eigenvalue weighted by molar-refractivity contribution is -0.279. The Morgan fingerprint density at radius 1 is 0.654 bits per heavy atom. The quantitative estimate of drug-likeness (QED) is 0.0906. The van der Waals surface area contributed by atoms with Crippen LogP contribution in [0.1, 0.15) is 115 Å². The van der Waals surface area contributed by atoms with Crippen molar-refractivity contribution in [3.05, 3.63) is 115 Å². The van der Waals surface area contributed by atoms with Gasteiger partial charge in [0.2, 0.25) is 0 Å². The molecule has 2 heterocycles. The van der Waals surface area contributed by atoms with E-state index in [4.69, 9.17) is 19.9 Å². The van der Waals surface area contributed by atoms with Crippen LogP contribution >= 0.6 is 0 Å². The smallest absolute Gasteiger partial charge is 0.308 e. The van der Waals surface area contributed by atoms with E-state index in [0.29, 0.717) is 12.0 Å². The molecule has 0 spiro atoms. The molecule has 19 nitrogen and oxygen atoms in total. The zero-order valence-corrected chi connectivity index (χ0v) is 45.7. The Morgan fingerprint density at radius 3 is 1.71 bits per heavy atom. The minimum atomic E-state index is -1.51. The van der Waals surface area contributed by atoms with Gasteiger partial charge in [0.15, 0.2) is 12.1 Å². The van der Waals surface area contributed by atoms with E-state index in [9.17, 15) is 70.2 Å². The summed E-state index contributed by atoms with van der Waals surface area (Å²) in [5.41, 5.74) is 7.27. The first kappa shape index (κ1) is 67.4. The van der Waals surface area contributed by atoms with Gasteiger partial charge in [0.05, 0.1) is 79.9 Å². The van der Waals surface area contributed by atoms with Crippen LogP contribution in [0.5, 0.6) is 0 Å². The highest BCUT2D eigenvalue weighted by Crippen LogP contribution is 2.28. The van der Waals surface area contributed by atoms with E-state index in [2.05, 4.69) is 5.32 Å². The minimum Gasteiger partial charge on any atom is -0.461 e. The zero-order valence-electron chi connectivity index (χ0n) is 45.7. The summed E-state index contributed by atoms with van der Waals surface area (Å²) < 4.78 is 17.7. The van der Waals surface area contributed by atoms with Gasteiger partial charge in [-0.25, -0.2) is 0 Å². The number of aliphatic hydroxyl groups is 10. The van der Waals surface area contributed by atoms with Crippen LogP contribution in [0, 0.1) is 17.8 Å². The molecule has 14 unspecified atom stereocenters. The lowest BCUT2D eigenvalue weighted by Crippen LogP contribution is -2.61. The minimum absolute atomic E-state index is 0.0936. The first-order chi connectivity index (χ1) is 37.0. The van der Waals surface area contributed by atoms with Gasteiger partial charge in [0.25, 0.3) is 0 Å². The molecule has 1 fully saturated rings. The predicted octanol–water partition coefficient (Wildman–Crippen LogP) is 3.52. The molecule has 436 valence electrons. The number of carbonyl (C=O) groups excluding carboxylic acids is 4. The molecule has 0 radical (unpaired) electrons. The lowest BCUT2D eigenvalue weighted by Gasteiger charge is -2.41. The number of nitrogens with two attached hydrogens (primary N) is 1. The average molecular weight is 1100 g/mol. The highest BCUT2D eigenvalue weighted by molar-refractivity contribution is 5.99. The van der Waals surface area contributed by atoms with Gasteiger partial charge in [-0.1, -0.05) is 106 Å². The highest BCUT2D eigenvalue weighted by Gasteiger charge is 2.42. The Bertz CT molecular complexity index is 2180. The molecule has 18 atom stereocenters. The Morgan fingerprint density at radius 2 is 1.15 bits per heavy atom. The maximum Gasteiger partial charge on any atom is 0.308 e. The monoisotopic (exact) mass is 1100 g/mol. The molecule has 0 aromatic heterocycles. The van der Waals surface area contributed by atoms with Gasteiger partial charge in [-0.2, -0.15) is 0 Å². The van der Waals surface area contributed by atoms with Crippen LogP contribution in [0.3, 0.4) is 0 Å². The number of Topliss-reactive ketones (excluding diaryl/α,β-unsaturated/α-hetero) is 3. The molecule has 0 bridgehead atoms. The Balaban J connectivity index is 1.79. The number of rotatable bonds is 10. The molecule has 0 amide bonds. The van der Waals surface area contributed by atoms with Gasteiger partial charge in [-0.15, -0.1) is 0 Å². The lowest BCUT2D eigenvalue weighted by atomic mass is 9.88. The van der Waals surface area contributed by atoms with Crippen molar-refractivity contribution in [2.75, 3.05) is 12.4 Å². The molecule has 13 N–H and O–H groups in total. The SMILES string of the molecule is CNc1ccc(C(=O)CC(O)CCC(C)C2OC(=O)CC(O)CC(O)CC(O)CC(O)CC(O)CC(=O)CC(=O)CC(O)C(C)C(O)CC(OC3O[C@H](C)[C@@H](N)[C@H](O)[C@@H]3O)/C=C/C=C/C=C\C=C/C=C/C=C/C=C/C2C)cc1. The van der Waals surface area contributed by atoms with Crippen LogP contribution < -0.4 is 11.1 Å². The van der Waals surface area contributed by atoms with Crippen LogP contribution in [0.25, 0.3) is 0 Å². The van der Waals surface area contributed by atoms with Crippen molar-refractivity contribution in [1.29, 1.82) is 0 Å². The molecular weight excluding hydrogens is 1010 g/mol. The van der Waals surface area contributed by atoms with E-state index < -0.39 is 141 Å². The van der Waals surface area contributed by atoms with Crippen molar-refractivity contribution < 1.29 is 84.5 Å².